The Labute approximate surface area is 241 Å². The summed E-state index contributed by atoms with van der Waals surface area (Å²) in [5.74, 6) is -0.906. The lowest BCUT2D eigenvalue weighted by Crippen LogP contribution is -2.30. The fraction of sp³-hybridized carbons (Fsp3) is 0.0938. The highest BCUT2D eigenvalue weighted by molar-refractivity contribution is 8.00. The normalized spacial score (nSPS) is 10.9. The third kappa shape index (κ3) is 8.81. The van der Waals surface area contributed by atoms with Crippen molar-refractivity contribution in [3.63, 3.8) is 0 Å². The van der Waals surface area contributed by atoms with Gasteiger partial charge in [-0.1, -0.05) is 48.5 Å². The lowest BCUT2D eigenvalue weighted by Gasteiger charge is -2.13. The smallest absolute Gasteiger partial charge is 0.272 e. The van der Waals surface area contributed by atoms with Crippen LogP contribution in [0.3, 0.4) is 0 Å². The van der Waals surface area contributed by atoms with Crippen molar-refractivity contribution >= 4 is 46.9 Å². The molecule has 4 aromatic rings. The first-order valence-electron chi connectivity index (χ1n) is 12.8. The molecular weight excluding hydrogens is 541 g/mol. The molecule has 0 heterocycles. The average Bonchev–Trinajstić information content (AvgIpc) is 2.98. The molecule has 0 atom stereocenters. The highest BCUT2D eigenvalue weighted by Gasteiger charge is 2.16. The number of nitrogens with one attached hydrogen (secondary N) is 3. The highest BCUT2D eigenvalue weighted by Crippen LogP contribution is 2.26. The van der Waals surface area contributed by atoms with Gasteiger partial charge in [-0.25, -0.2) is 4.39 Å². The summed E-state index contributed by atoms with van der Waals surface area (Å²) >= 11 is 1.30. The van der Waals surface area contributed by atoms with Crippen molar-refractivity contribution in [2.24, 2.45) is 0 Å². The van der Waals surface area contributed by atoms with E-state index in [-0.39, 0.29) is 17.4 Å². The summed E-state index contributed by atoms with van der Waals surface area (Å²) in [6.45, 7) is 2.36. The zero-order valence-corrected chi connectivity index (χ0v) is 23.0. The Balaban J connectivity index is 1.44. The van der Waals surface area contributed by atoms with Gasteiger partial charge in [0.2, 0.25) is 5.91 Å². The maximum absolute atomic E-state index is 13.4. The molecule has 0 aliphatic rings. The Morgan fingerprint density at radius 2 is 1.59 bits per heavy atom. The number of thioether (sulfide) groups is 1. The molecule has 4 aromatic carbocycles. The molecule has 3 amide bonds. The van der Waals surface area contributed by atoms with E-state index in [4.69, 9.17) is 4.74 Å². The van der Waals surface area contributed by atoms with E-state index in [0.29, 0.717) is 34.9 Å². The first-order valence-corrected chi connectivity index (χ1v) is 13.8. The van der Waals surface area contributed by atoms with Crippen LogP contribution in [0.4, 0.5) is 15.8 Å². The van der Waals surface area contributed by atoms with E-state index in [2.05, 4.69) is 16.0 Å². The van der Waals surface area contributed by atoms with Gasteiger partial charge in [0.05, 0.1) is 18.0 Å². The summed E-state index contributed by atoms with van der Waals surface area (Å²) in [4.78, 5) is 39.4. The maximum Gasteiger partial charge on any atom is 0.272 e. The monoisotopic (exact) mass is 569 g/mol. The summed E-state index contributed by atoms with van der Waals surface area (Å²) in [5, 5.41) is 8.31. The van der Waals surface area contributed by atoms with Crippen molar-refractivity contribution in [1.82, 2.24) is 5.32 Å². The number of rotatable bonds is 11. The molecule has 0 unspecified atom stereocenters. The summed E-state index contributed by atoms with van der Waals surface area (Å²) in [6, 6.07) is 28.3. The van der Waals surface area contributed by atoms with Crippen LogP contribution >= 0.6 is 11.8 Å². The van der Waals surface area contributed by atoms with Crippen LogP contribution in [0.5, 0.6) is 5.75 Å². The predicted octanol–water partition coefficient (Wildman–Crippen LogP) is 6.36. The number of ether oxygens (including phenoxy) is 1. The third-order valence-electron chi connectivity index (χ3n) is 5.63. The largest absolute Gasteiger partial charge is 0.492 e. The number of benzene rings is 4. The summed E-state index contributed by atoms with van der Waals surface area (Å²) < 4.78 is 19.0. The van der Waals surface area contributed by atoms with Crippen LogP contribution in [0.1, 0.15) is 22.8 Å². The molecule has 0 saturated heterocycles. The molecule has 0 fully saturated rings. The lowest BCUT2D eigenvalue weighted by molar-refractivity contribution is -0.114. The van der Waals surface area contributed by atoms with Crippen molar-refractivity contribution in [3.05, 3.63) is 126 Å². The number of anilines is 2. The van der Waals surface area contributed by atoms with Crippen molar-refractivity contribution < 1.29 is 23.5 Å². The molecule has 3 N–H and O–H groups in total. The molecule has 0 saturated carbocycles. The van der Waals surface area contributed by atoms with Gasteiger partial charge in [0, 0.05) is 16.1 Å². The van der Waals surface area contributed by atoms with Gasteiger partial charge in [-0.15, -0.1) is 11.8 Å². The van der Waals surface area contributed by atoms with Crippen LogP contribution in [0, 0.1) is 5.82 Å². The van der Waals surface area contributed by atoms with Crippen LogP contribution in [0.15, 0.2) is 114 Å². The molecule has 0 aliphatic heterocycles. The van der Waals surface area contributed by atoms with E-state index in [0.717, 1.165) is 4.90 Å². The van der Waals surface area contributed by atoms with Crippen LogP contribution in [-0.2, 0) is 9.59 Å². The Morgan fingerprint density at radius 3 is 2.34 bits per heavy atom. The highest BCUT2D eigenvalue weighted by atomic mass is 32.2. The second-order valence-corrected chi connectivity index (χ2v) is 9.73. The van der Waals surface area contributed by atoms with Crippen LogP contribution in [0.25, 0.3) is 6.08 Å². The van der Waals surface area contributed by atoms with Gasteiger partial charge in [0.25, 0.3) is 11.8 Å². The van der Waals surface area contributed by atoms with Crippen LogP contribution < -0.4 is 20.7 Å². The van der Waals surface area contributed by atoms with E-state index in [9.17, 15) is 18.8 Å². The number of para-hydroxylation sites is 2. The van der Waals surface area contributed by atoms with Crippen molar-refractivity contribution in [2.45, 2.75) is 11.8 Å². The molecule has 9 heteroatoms. The van der Waals surface area contributed by atoms with E-state index < -0.39 is 17.6 Å². The van der Waals surface area contributed by atoms with E-state index in [1.165, 1.54) is 42.1 Å². The van der Waals surface area contributed by atoms with Crippen molar-refractivity contribution in [1.29, 1.82) is 0 Å². The van der Waals surface area contributed by atoms with Gasteiger partial charge in [0.15, 0.2) is 0 Å². The van der Waals surface area contributed by atoms with Gasteiger partial charge in [-0.3, -0.25) is 14.4 Å². The molecular formula is C32H28FN3O4S. The zero-order chi connectivity index (χ0) is 29.0. The number of amides is 3. The lowest BCUT2D eigenvalue weighted by atomic mass is 10.1. The second kappa shape index (κ2) is 14.5. The minimum Gasteiger partial charge on any atom is -0.492 e. The SMILES string of the molecule is CCOc1ccccc1NC(=O)CSc1cccc(NC(=O)/C(=C\c2ccc(F)cc2)NC(=O)c2ccccc2)c1. The minimum absolute atomic E-state index is 0.0177. The van der Waals surface area contributed by atoms with Gasteiger partial charge in [-0.2, -0.15) is 0 Å². The first-order chi connectivity index (χ1) is 19.9. The molecule has 0 radical (unpaired) electrons. The van der Waals surface area contributed by atoms with Crippen molar-refractivity contribution in [3.8, 4) is 5.75 Å². The molecule has 0 aromatic heterocycles. The Bertz CT molecular complexity index is 1540. The maximum atomic E-state index is 13.4. The fourth-order valence-corrected chi connectivity index (χ4v) is 4.47. The van der Waals surface area contributed by atoms with Gasteiger partial charge >= 0.3 is 0 Å². The Morgan fingerprint density at radius 1 is 0.854 bits per heavy atom. The first kappa shape index (κ1) is 29.1. The van der Waals surface area contributed by atoms with E-state index >= 15 is 0 Å². The van der Waals surface area contributed by atoms with Crippen molar-refractivity contribution in [2.75, 3.05) is 23.0 Å². The van der Waals surface area contributed by atoms with Crippen LogP contribution in [0.2, 0.25) is 0 Å². The van der Waals surface area contributed by atoms with Gasteiger partial charge in [0.1, 0.15) is 17.3 Å². The second-order valence-electron chi connectivity index (χ2n) is 8.68. The third-order valence-corrected chi connectivity index (χ3v) is 6.63. The topological polar surface area (TPSA) is 96.5 Å². The van der Waals surface area contributed by atoms with Gasteiger partial charge in [-0.05, 0) is 73.2 Å². The minimum atomic E-state index is -0.564. The summed E-state index contributed by atoms with van der Waals surface area (Å²) in [6.07, 6.45) is 1.47. The quantitative estimate of drug-likeness (QED) is 0.144. The van der Waals surface area contributed by atoms with E-state index in [1.807, 2.05) is 25.1 Å². The van der Waals surface area contributed by atoms with Crippen LogP contribution in [-0.4, -0.2) is 30.1 Å². The molecule has 208 valence electrons. The Hall–Kier alpha value is -4.89. The molecule has 7 nitrogen and oxygen atoms in total. The molecule has 4 rings (SSSR count). The summed E-state index contributed by atoms with van der Waals surface area (Å²) in [7, 11) is 0. The number of halogens is 1. The molecule has 41 heavy (non-hydrogen) atoms. The Kier molecular flexibility index (Phi) is 10.3. The number of carbonyl (C=O) groups excluding carboxylic acids is 3. The average molecular weight is 570 g/mol. The molecule has 0 bridgehead atoms. The molecule has 0 aliphatic carbocycles. The van der Waals surface area contributed by atoms with Gasteiger partial charge < -0.3 is 20.7 Å². The molecule has 0 spiro atoms. The zero-order valence-electron chi connectivity index (χ0n) is 22.2. The standard InChI is InChI=1S/C32H28FN3O4S/c1-2-40-29-14-7-6-13-27(29)35-30(37)21-41-26-12-8-11-25(20-26)34-32(39)28(19-22-15-17-24(33)18-16-22)36-31(38)23-9-4-3-5-10-23/h3-20H,2,21H2,1H3,(H,34,39)(H,35,37)(H,36,38)/b28-19+. The number of hydrogen-bond donors (Lipinski definition) is 3. The van der Waals surface area contributed by atoms with E-state index in [1.54, 1.807) is 60.7 Å². The summed E-state index contributed by atoms with van der Waals surface area (Å²) in [5.41, 5.74) is 1.97. The predicted molar refractivity (Wildman–Crippen MR) is 160 cm³/mol. The number of carbonyl (C=O) groups is 3. The fourth-order valence-electron chi connectivity index (χ4n) is 3.72. The number of hydrogen-bond acceptors (Lipinski definition) is 5.